The lowest BCUT2D eigenvalue weighted by atomic mass is 9.99. The molecule has 1 N–H and O–H groups in total. The molecule has 0 bridgehead atoms. The van der Waals surface area contributed by atoms with Crippen molar-refractivity contribution in [2.75, 3.05) is 33.2 Å². The van der Waals surface area contributed by atoms with Crippen LogP contribution >= 0.6 is 0 Å². The largest absolute Gasteiger partial charge is 0.357 e. The zero-order valence-corrected chi connectivity index (χ0v) is 11.0. The third-order valence-electron chi connectivity index (χ3n) is 4.31. The van der Waals surface area contributed by atoms with Crippen LogP contribution in [0.15, 0.2) is 24.3 Å². The maximum absolute atomic E-state index is 8.48. The molecule has 0 radical (unpaired) electrons. The van der Waals surface area contributed by atoms with E-state index in [1.165, 1.54) is 11.1 Å². The molecule has 1 heterocycles. The molecule has 1 saturated heterocycles. The number of hydrogen-bond donors (Lipinski definition) is 1. The molecule has 18 heavy (non-hydrogen) atoms. The molecular weight excluding hydrogens is 222 g/mol. The summed E-state index contributed by atoms with van der Waals surface area (Å²) in [7, 11) is 2.16. The zero-order chi connectivity index (χ0) is 12.5. The van der Waals surface area contributed by atoms with Gasteiger partial charge in [0.25, 0.3) is 0 Å². The van der Waals surface area contributed by atoms with E-state index in [1.807, 2.05) is 0 Å². The van der Waals surface area contributed by atoms with Gasteiger partial charge in [-0.3, -0.25) is 5.41 Å². The van der Waals surface area contributed by atoms with Gasteiger partial charge in [0.2, 0.25) is 0 Å². The molecule has 1 unspecified atom stereocenters. The first kappa shape index (κ1) is 11.7. The molecule has 1 aromatic rings. The molecule has 1 aliphatic heterocycles. The molecule has 1 aliphatic carbocycles. The Labute approximate surface area is 109 Å². The molecule has 96 valence electrons. The van der Waals surface area contributed by atoms with Crippen LogP contribution in [0.3, 0.4) is 0 Å². The van der Waals surface area contributed by atoms with E-state index in [-0.39, 0.29) is 0 Å². The monoisotopic (exact) mass is 243 g/mol. The Morgan fingerprint density at radius 2 is 1.89 bits per heavy atom. The Morgan fingerprint density at radius 1 is 1.17 bits per heavy atom. The quantitative estimate of drug-likeness (QED) is 0.603. The maximum Gasteiger partial charge on any atom is 0.104 e. The summed E-state index contributed by atoms with van der Waals surface area (Å²) < 4.78 is 0. The summed E-state index contributed by atoms with van der Waals surface area (Å²) in [5.41, 5.74) is 2.84. The number of nitrogens with one attached hydrogen (secondary N) is 1. The SMILES string of the molecule is CN1CCN(C(=N)C2CCc3ccccc32)CC1. The van der Waals surface area contributed by atoms with Gasteiger partial charge in [0, 0.05) is 32.1 Å². The zero-order valence-electron chi connectivity index (χ0n) is 11.0. The highest BCUT2D eigenvalue weighted by Gasteiger charge is 2.29. The second-order valence-corrected chi connectivity index (χ2v) is 5.47. The number of benzene rings is 1. The lowest BCUT2D eigenvalue weighted by Gasteiger charge is -2.36. The smallest absolute Gasteiger partial charge is 0.104 e. The van der Waals surface area contributed by atoms with Crippen molar-refractivity contribution in [3.8, 4) is 0 Å². The van der Waals surface area contributed by atoms with Gasteiger partial charge in [0.05, 0.1) is 0 Å². The molecule has 0 saturated carbocycles. The number of likely N-dealkylation sites (N-methyl/N-ethyl adjacent to an activating group) is 1. The van der Waals surface area contributed by atoms with Crippen molar-refractivity contribution in [2.45, 2.75) is 18.8 Å². The fourth-order valence-electron chi connectivity index (χ4n) is 3.11. The molecule has 3 nitrogen and oxygen atoms in total. The Hall–Kier alpha value is -1.35. The lowest BCUT2D eigenvalue weighted by molar-refractivity contribution is 0.211. The number of aryl methyl sites for hydroxylation is 1. The van der Waals surface area contributed by atoms with Gasteiger partial charge in [-0.2, -0.15) is 0 Å². The summed E-state index contributed by atoms with van der Waals surface area (Å²) in [6, 6.07) is 8.64. The Kier molecular flexibility index (Phi) is 3.08. The second kappa shape index (κ2) is 4.73. The summed E-state index contributed by atoms with van der Waals surface area (Å²) in [6.45, 7) is 4.18. The van der Waals surface area contributed by atoms with Gasteiger partial charge in [-0.15, -0.1) is 0 Å². The summed E-state index contributed by atoms with van der Waals surface area (Å²) >= 11 is 0. The average Bonchev–Trinajstić information content (AvgIpc) is 2.82. The van der Waals surface area contributed by atoms with E-state index >= 15 is 0 Å². The van der Waals surface area contributed by atoms with E-state index in [0.29, 0.717) is 5.92 Å². The van der Waals surface area contributed by atoms with Crippen LogP contribution in [0.4, 0.5) is 0 Å². The molecule has 1 aromatic carbocycles. The van der Waals surface area contributed by atoms with E-state index in [4.69, 9.17) is 5.41 Å². The number of fused-ring (bicyclic) bond motifs is 1. The van der Waals surface area contributed by atoms with E-state index in [9.17, 15) is 0 Å². The van der Waals surface area contributed by atoms with Crippen molar-refractivity contribution in [2.24, 2.45) is 0 Å². The van der Waals surface area contributed by atoms with E-state index < -0.39 is 0 Å². The first-order valence-corrected chi connectivity index (χ1v) is 6.85. The molecule has 1 atom stereocenters. The highest BCUT2D eigenvalue weighted by molar-refractivity contribution is 5.87. The van der Waals surface area contributed by atoms with E-state index in [0.717, 1.165) is 44.9 Å². The molecule has 1 fully saturated rings. The van der Waals surface area contributed by atoms with Gasteiger partial charge in [-0.1, -0.05) is 24.3 Å². The Bertz CT molecular complexity index is 447. The minimum absolute atomic E-state index is 0.338. The first-order chi connectivity index (χ1) is 8.75. The molecule has 0 aromatic heterocycles. The Balaban J connectivity index is 1.74. The lowest BCUT2D eigenvalue weighted by Crippen LogP contribution is -2.48. The molecule has 3 heteroatoms. The summed E-state index contributed by atoms with van der Waals surface area (Å²) in [5.74, 6) is 1.18. The average molecular weight is 243 g/mol. The number of amidine groups is 1. The van der Waals surface area contributed by atoms with E-state index in [1.54, 1.807) is 0 Å². The summed E-state index contributed by atoms with van der Waals surface area (Å²) in [6.07, 6.45) is 2.25. The van der Waals surface area contributed by atoms with Gasteiger partial charge >= 0.3 is 0 Å². The van der Waals surface area contributed by atoms with Crippen LogP contribution in [-0.2, 0) is 6.42 Å². The third kappa shape index (κ3) is 2.03. The van der Waals surface area contributed by atoms with Gasteiger partial charge < -0.3 is 9.80 Å². The molecular formula is C15H21N3. The topological polar surface area (TPSA) is 30.3 Å². The maximum atomic E-state index is 8.48. The van der Waals surface area contributed by atoms with Crippen molar-refractivity contribution < 1.29 is 0 Å². The van der Waals surface area contributed by atoms with Crippen molar-refractivity contribution in [1.82, 2.24) is 9.80 Å². The molecule has 0 amide bonds. The normalized spacial score (nSPS) is 24.1. The Morgan fingerprint density at radius 3 is 2.67 bits per heavy atom. The van der Waals surface area contributed by atoms with Crippen LogP contribution in [0.1, 0.15) is 23.5 Å². The van der Waals surface area contributed by atoms with E-state index in [2.05, 4.69) is 41.1 Å². The fraction of sp³-hybridized carbons (Fsp3) is 0.533. The minimum Gasteiger partial charge on any atom is -0.357 e. The van der Waals surface area contributed by atoms with Crippen molar-refractivity contribution in [1.29, 1.82) is 5.41 Å². The fourth-order valence-corrected chi connectivity index (χ4v) is 3.11. The molecule has 0 spiro atoms. The summed E-state index contributed by atoms with van der Waals surface area (Å²) in [5, 5.41) is 8.48. The third-order valence-corrected chi connectivity index (χ3v) is 4.31. The van der Waals surface area contributed by atoms with Gasteiger partial charge in [0.15, 0.2) is 0 Å². The highest BCUT2D eigenvalue weighted by atomic mass is 15.3. The van der Waals surface area contributed by atoms with Crippen molar-refractivity contribution in [3.63, 3.8) is 0 Å². The number of piperazine rings is 1. The first-order valence-electron chi connectivity index (χ1n) is 6.85. The van der Waals surface area contributed by atoms with Crippen LogP contribution in [0, 0.1) is 5.41 Å². The van der Waals surface area contributed by atoms with Gasteiger partial charge in [0.1, 0.15) is 5.84 Å². The highest BCUT2D eigenvalue weighted by Crippen LogP contribution is 2.34. The van der Waals surface area contributed by atoms with Crippen LogP contribution in [-0.4, -0.2) is 48.9 Å². The number of hydrogen-bond acceptors (Lipinski definition) is 2. The summed E-state index contributed by atoms with van der Waals surface area (Å²) in [4.78, 5) is 4.61. The van der Waals surface area contributed by atoms with Crippen molar-refractivity contribution in [3.05, 3.63) is 35.4 Å². The van der Waals surface area contributed by atoms with Crippen molar-refractivity contribution >= 4 is 5.84 Å². The van der Waals surface area contributed by atoms with Gasteiger partial charge in [-0.25, -0.2) is 0 Å². The predicted octanol–water partition coefficient (Wildman–Crippen LogP) is 1.94. The number of rotatable bonds is 1. The second-order valence-electron chi connectivity index (χ2n) is 5.47. The van der Waals surface area contributed by atoms with Gasteiger partial charge in [-0.05, 0) is 31.0 Å². The molecule has 2 aliphatic rings. The predicted molar refractivity (Wildman–Crippen MR) is 74.3 cm³/mol. The van der Waals surface area contributed by atoms with Crippen LogP contribution in [0.25, 0.3) is 0 Å². The van der Waals surface area contributed by atoms with Crippen LogP contribution in [0.2, 0.25) is 0 Å². The van der Waals surface area contributed by atoms with Crippen LogP contribution < -0.4 is 0 Å². The number of nitrogens with zero attached hydrogens (tertiary/aromatic N) is 2. The standard InChI is InChI=1S/C15H21N3/c1-17-8-10-18(11-9-17)15(16)14-7-6-12-4-2-3-5-13(12)14/h2-5,14,16H,6-11H2,1H3. The minimum atomic E-state index is 0.338. The molecule has 3 rings (SSSR count). The van der Waals surface area contributed by atoms with Crippen LogP contribution in [0.5, 0.6) is 0 Å².